The van der Waals surface area contributed by atoms with Gasteiger partial charge in [-0.3, -0.25) is 0 Å². The molecule has 1 rings (SSSR count). The van der Waals surface area contributed by atoms with Crippen LogP contribution in [-0.4, -0.2) is 50.7 Å². The van der Waals surface area contributed by atoms with Crippen LogP contribution < -0.4 is 5.32 Å². The Hall–Kier alpha value is -0.870. The Balaban J connectivity index is 2.04. The lowest BCUT2D eigenvalue weighted by Gasteiger charge is -2.28. The predicted molar refractivity (Wildman–Crippen MR) is 73.5 cm³/mol. The van der Waals surface area contributed by atoms with Crippen LogP contribution in [0.2, 0.25) is 0 Å². The SMILES string of the molecule is C=C(CNCCC1CCN(C)CC1)C(=O)OCC. The van der Waals surface area contributed by atoms with Crippen LogP contribution >= 0.6 is 0 Å². The average Bonchev–Trinajstić information content (AvgIpc) is 2.36. The summed E-state index contributed by atoms with van der Waals surface area (Å²) in [6, 6.07) is 0. The summed E-state index contributed by atoms with van der Waals surface area (Å²) in [5.41, 5.74) is 0.514. The van der Waals surface area contributed by atoms with Gasteiger partial charge in [-0.15, -0.1) is 0 Å². The fourth-order valence-corrected chi connectivity index (χ4v) is 2.20. The van der Waals surface area contributed by atoms with Gasteiger partial charge in [-0.25, -0.2) is 4.79 Å². The minimum absolute atomic E-state index is 0.288. The van der Waals surface area contributed by atoms with Gasteiger partial charge < -0.3 is 15.0 Å². The van der Waals surface area contributed by atoms with Gasteiger partial charge in [0, 0.05) is 12.1 Å². The molecule has 0 bridgehead atoms. The van der Waals surface area contributed by atoms with Crippen LogP contribution in [0.3, 0.4) is 0 Å². The molecule has 104 valence electrons. The highest BCUT2D eigenvalue weighted by molar-refractivity contribution is 5.88. The molecule has 0 atom stereocenters. The number of nitrogens with one attached hydrogen (secondary N) is 1. The molecule has 0 amide bonds. The first-order chi connectivity index (χ1) is 8.63. The fourth-order valence-electron chi connectivity index (χ4n) is 2.20. The van der Waals surface area contributed by atoms with Gasteiger partial charge in [-0.05, 0) is 58.8 Å². The lowest BCUT2D eigenvalue weighted by atomic mass is 9.94. The molecule has 4 heteroatoms. The van der Waals surface area contributed by atoms with Crippen molar-refractivity contribution in [1.29, 1.82) is 0 Å². The summed E-state index contributed by atoms with van der Waals surface area (Å²) in [6.07, 6.45) is 3.76. The molecule has 1 heterocycles. The number of likely N-dealkylation sites (tertiary alicyclic amines) is 1. The van der Waals surface area contributed by atoms with E-state index in [0.717, 1.165) is 12.5 Å². The molecule has 0 aromatic rings. The van der Waals surface area contributed by atoms with Crippen LogP contribution in [0.15, 0.2) is 12.2 Å². The molecule has 0 unspecified atom stereocenters. The zero-order valence-corrected chi connectivity index (χ0v) is 11.7. The van der Waals surface area contributed by atoms with Crippen LogP contribution in [0.4, 0.5) is 0 Å². The number of carbonyl (C=O) groups excluding carboxylic acids is 1. The Kier molecular flexibility index (Phi) is 6.98. The number of piperidine rings is 1. The van der Waals surface area contributed by atoms with Crippen molar-refractivity contribution >= 4 is 5.97 Å². The average molecular weight is 254 g/mol. The first-order valence-corrected chi connectivity index (χ1v) is 6.87. The maximum atomic E-state index is 11.3. The molecule has 0 aromatic carbocycles. The second-order valence-corrected chi connectivity index (χ2v) is 5.04. The minimum Gasteiger partial charge on any atom is -0.463 e. The van der Waals surface area contributed by atoms with E-state index < -0.39 is 0 Å². The molecule has 0 aromatic heterocycles. The highest BCUT2D eigenvalue weighted by Gasteiger charge is 2.16. The lowest BCUT2D eigenvalue weighted by Crippen LogP contribution is -2.32. The molecule has 0 spiro atoms. The van der Waals surface area contributed by atoms with E-state index in [1.54, 1.807) is 6.92 Å². The fraction of sp³-hybridized carbons (Fsp3) is 0.786. The number of rotatable bonds is 7. The molecular weight excluding hydrogens is 228 g/mol. The van der Waals surface area contributed by atoms with E-state index in [1.807, 2.05) is 0 Å². The molecule has 1 saturated heterocycles. The van der Waals surface area contributed by atoms with Crippen molar-refractivity contribution in [2.24, 2.45) is 5.92 Å². The molecule has 4 nitrogen and oxygen atoms in total. The Bertz CT molecular complexity index is 271. The van der Waals surface area contributed by atoms with Crippen molar-refractivity contribution < 1.29 is 9.53 Å². The number of carbonyl (C=O) groups is 1. The number of nitrogens with zero attached hydrogens (tertiary/aromatic N) is 1. The molecule has 1 N–H and O–H groups in total. The molecule has 0 saturated carbocycles. The standard InChI is InChI=1S/C14H26N2O2/c1-4-18-14(17)12(2)11-15-8-5-13-6-9-16(3)10-7-13/h13,15H,2,4-11H2,1,3H3. The summed E-state index contributed by atoms with van der Waals surface area (Å²) in [5, 5.41) is 3.27. The maximum absolute atomic E-state index is 11.3. The van der Waals surface area contributed by atoms with Crippen molar-refractivity contribution in [2.45, 2.75) is 26.2 Å². The normalized spacial score (nSPS) is 17.7. The Morgan fingerprint density at radius 3 is 2.72 bits per heavy atom. The van der Waals surface area contributed by atoms with Crippen molar-refractivity contribution in [3.8, 4) is 0 Å². The number of ether oxygens (including phenoxy) is 1. The largest absolute Gasteiger partial charge is 0.463 e. The van der Waals surface area contributed by atoms with Gasteiger partial charge >= 0.3 is 5.97 Å². The Morgan fingerprint density at radius 2 is 2.11 bits per heavy atom. The highest BCUT2D eigenvalue weighted by Crippen LogP contribution is 2.18. The molecule has 1 fully saturated rings. The summed E-state index contributed by atoms with van der Waals surface area (Å²) in [6.45, 7) is 9.84. The molecule has 18 heavy (non-hydrogen) atoms. The highest BCUT2D eigenvalue weighted by atomic mass is 16.5. The van der Waals surface area contributed by atoms with E-state index in [4.69, 9.17) is 4.74 Å². The first-order valence-electron chi connectivity index (χ1n) is 6.87. The second kappa shape index (κ2) is 8.27. The molecule has 0 aliphatic carbocycles. The van der Waals surface area contributed by atoms with Crippen LogP contribution in [0.1, 0.15) is 26.2 Å². The first kappa shape index (κ1) is 15.2. The van der Waals surface area contributed by atoms with Gasteiger partial charge in [-0.1, -0.05) is 6.58 Å². The second-order valence-electron chi connectivity index (χ2n) is 5.04. The lowest BCUT2D eigenvalue weighted by molar-refractivity contribution is -0.138. The van der Waals surface area contributed by atoms with E-state index in [-0.39, 0.29) is 5.97 Å². The molecular formula is C14H26N2O2. The van der Waals surface area contributed by atoms with Crippen LogP contribution in [0.5, 0.6) is 0 Å². The molecule has 0 radical (unpaired) electrons. The summed E-state index contributed by atoms with van der Waals surface area (Å²) in [7, 11) is 2.18. The van der Waals surface area contributed by atoms with Gasteiger partial charge in [0.1, 0.15) is 0 Å². The third-order valence-corrected chi connectivity index (χ3v) is 3.47. The van der Waals surface area contributed by atoms with E-state index >= 15 is 0 Å². The number of hydrogen-bond donors (Lipinski definition) is 1. The summed E-state index contributed by atoms with van der Waals surface area (Å²) in [4.78, 5) is 13.7. The van der Waals surface area contributed by atoms with E-state index in [0.29, 0.717) is 18.7 Å². The van der Waals surface area contributed by atoms with E-state index in [9.17, 15) is 4.79 Å². The van der Waals surface area contributed by atoms with Gasteiger partial charge in [0.15, 0.2) is 0 Å². The smallest absolute Gasteiger partial charge is 0.334 e. The topological polar surface area (TPSA) is 41.6 Å². The number of esters is 1. The van der Waals surface area contributed by atoms with Crippen molar-refractivity contribution in [3.63, 3.8) is 0 Å². The van der Waals surface area contributed by atoms with Gasteiger partial charge in [0.2, 0.25) is 0 Å². The minimum atomic E-state index is -0.288. The third-order valence-electron chi connectivity index (χ3n) is 3.47. The quantitative estimate of drug-likeness (QED) is 0.424. The summed E-state index contributed by atoms with van der Waals surface area (Å²) >= 11 is 0. The van der Waals surface area contributed by atoms with Crippen LogP contribution in [-0.2, 0) is 9.53 Å². The monoisotopic (exact) mass is 254 g/mol. The summed E-state index contributed by atoms with van der Waals surface area (Å²) in [5.74, 6) is 0.536. The van der Waals surface area contributed by atoms with E-state index in [2.05, 4.69) is 23.8 Å². The predicted octanol–water partition coefficient (Wildman–Crippen LogP) is 1.43. The summed E-state index contributed by atoms with van der Waals surface area (Å²) < 4.78 is 4.88. The Labute approximate surface area is 110 Å². The van der Waals surface area contributed by atoms with E-state index in [1.165, 1.54) is 32.4 Å². The van der Waals surface area contributed by atoms with Crippen molar-refractivity contribution in [3.05, 3.63) is 12.2 Å². The zero-order chi connectivity index (χ0) is 13.4. The van der Waals surface area contributed by atoms with Crippen molar-refractivity contribution in [1.82, 2.24) is 10.2 Å². The Morgan fingerprint density at radius 1 is 1.44 bits per heavy atom. The third kappa shape index (κ3) is 5.65. The maximum Gasteiger partial charge on any atom is 0.334 e. The van der Waals surface area contributed by atoms with Gasteiger partial charge in [-0.2, -0.15) is 0 Å². The van der Waals surface area contributed by atoms with Crippen molar-refractivity contribution in [2.75, 3.05) is 39.8 Å². The van der Waals surface area contributed by atoms with Gasteiger partial charge in [0.05, 0.1) is 6.61 Å². The van der Waals surface area contributed by atoms with Gasteiger partial charge in [0.25, 0.3) is 0 Å². The number of hydrogen-bond acceptors (Lipinski definition) is 4. The molecule has 1 aliphatic heterocycles. The zero-order valence-electron chi connectivity index (χ0n) is 11.7. The van der Waals surface area contributed by atoms with Crippen LogP contribution in [0, 0.1) is 5.92 Å². The van der Waals surface area contributed by atoms with Crippen LogP contribution in [0.25, 0.3) is 0 Å². The molecule has 1 aliphatic rings.